The van der Waals surface area contributed by atoms with Crippen LogP contribution in [0.25, 0.3) is 0 Å². The number of aliphatic hydroxyl groups is 2. The number of hydrogen-bond acceptors (Lipinski definition) is 5. The van der Waals surface area contributed by atoms with E-state index in [0.717, 1.165) is 83.5 Å². The monoisotopic (exact) mass is 902 g/mol. The Morgan fingerprint density at radius 3 is 1.42 bits per heavy atom. The van der Waals surface area contributed by atoms with Gasteiger partial charge in [-0.25, -0.2) is 0 Å². The first-order valence-corrected chi connectivity index (χ1v) is 26.7. The third-order valence-electron chi connectivity index (χ3n) is 11.4. The summed E-state index contributed by atoms with van der Waals surface area (Å²) in [5.74, 6) is -0.651. The number of hydrogen-bond donors (Lipinski definition) is 3. The van der Waals surface area contributed by atoms with Gasteiger partial charge in [0.25, 0.3) is 0 Å². The second kappa shape index (κ2) is 51.5. The van der Waals surface area contributed by atoms with Crippen molar-refractivity contribution in [2.75, 3.05) is 6.61 Å². The predicted octanol–water partition coefficient (Wildman–Crippen LogP) is 16.3. The van der Waals surface area contributed by atoms with E-state index in [1.54, 1.807) is 6.08 Å². The molecule has 6 heteroatoms. The van der Waals surface area contributed by atoms with Gasteiger partial charge in [0.15, 0.2) is 0 Å². The van der Waals surface area contributed by atoms with Crippen LogP contribution in [0, 0.1) is 0 Å². The average Bonchev–Trinajstić information content (AvgIpc) is 3.30. The molecule has 6 nitrogen and oxygen atoms in total. The van der Waals surface area contributed by atoms with Crippen LogP contribution in [-0.2, 0) is 14.3 Å². The molecule has 370 valence electrons. The maximum Gasteiger partial charge on any atom is 0.306 e. The molecule has 0 aromatic heterocycles. The summed E-state index contributed by atoms with van der Waals surface area (Å²) in [6, 6.07) is -0.752. The smallest absolute Gasteiger partial charge is 0.306 e. The number of aliphatic hydroxyl groups excluding tert-OH is 2. The molecule has 0 radical (unpaired) electrons. The van der Waals surface area contributed by atoms with E-state index in [1.165, 1.54) is 96.3 Å². The normalized spacial score (nSPS) is 14.1. The number of carbonyl (C=O) groups is 2. The highest BCUT2D eigenvalue weighted by atomic mass is 16.5. The molecule has 0 aromatic carbocycles. The molecular formula is C59H99NO5. The zero-order valence-corrected chi connectivity index (χ0v) is 42.1. The van der Waals surface area contributed by atoms with Crippen LogP contribution in [0.2, 0.25) is 0 Å². The largest absolute Gasteiger partial charge is 0.458 e. The predicted molar refractivity (Wildman–Crippen MR) is 282 cm³/mol. The number of rotatable bonds is 46. The van der Waals surface area contributed by atoms with E-state index in [9.17, 15) is 19.8 Å². The fourth-order valence-corrected chi connectivity index (χ4v) is 7.43. The first-order valence-electron chi connectivity index (χ1n) is 26.7. The molecule has 3 atom stereocenters. The Balaban J connectivity index is 4.79. The van der Waals surface area contributed by atoms with Gasteiger partial charge >= 0.3 is 5.97 Å². The second-order valence-electron chi connectivity index (χ2n) is 17.6. The first-order chi connectivity index (χ1) is 32.0. The molecule has 3 N–H and O–H groups in total. The Morgan fingerprint density at radius 1 is 0.492 bits per heavy atom. The minimum atomic E-state index is -0.828. The van der Waals surface area contributed by atoms with Gasteiger partial charge in [-0.15, -0.1) is 0 Å². The summed E-state index contributed by atoms with van der Waals surface area (Å²) in [6.45, 7) is 6.20. The molecule has 0 rings (SSSR count). The highest BCUT2D eigenvalue weighted by Crippen LogP contribution is 2.16. The fourth-order valence-electron chi connectivity index (χ4n) is 7.43. The minimum absolute atomic E-state index is 0.0582. The summed E-state index contributed by atoms with van der Waals surface area (Å²) in [7, 11) is 0. The van der Waals surface area contributed by atoms with E-state index in [1.807, 2.05) is 6.08 Å². The van der Waals surface area contributed by atoms with Crippen LogP contribution in [0.1, 0.15) is 226 Å². The molecular weight excluding hydrogens is 803 g/mol. The van der Waals surface area contributed by atoms with E-state index >= 15 is 0 Å². The van der Waals surface area contributed by atoms with Crippen molar-refractivity contribution in [3.63, 3.8) is 0 Å². The Hall–Kier alpha value is -3.48. The van der Waals surface area contributed by atoms with Crippen molar-refractivity contribution in [2.24, 2.45) is 0 Å². The number of unbranched alkanes of at least 4 members (excludes halogenated alkanes) is 20. The molecule has 0 aliphatic rings. The maximum absolute atomic E-state index is 13.2. The molecule has 0 bridgehead atoms. The fraction of sp³-hybridized carbons (Fsp3) is 0.661. The van der Waals surface area contributed by atoms with Crippen molar-refractivity contribution in [2.45, 2.75) is 244 Å². The van der Waals surface area contributed by atoms with Gasteiger partial charge in [-0.3, -0.25) is 9.59 Å². The second-order valence-corrected chi connectivity index (χ2v) is 17.6. The molecule has 3 unspecified atom stereocenters. The standard InChI is InChI=1S/C59H99NO5/c1-4-7-10-13-16-19-22-25-28-29-31-32-35-38-41-44-47-50-55(65-59(64)52-49-46-43-40-37-34-30-26-23-20-17-14-11-8-5-2)53-58(63)60-56(54-61)57(62)51-48-45-42-39-36-33-27-24-21-18-15-12-9-6-3/h7-8,10-11,14,16-17,19-20,23,25,28,31-32,38,41,47,50,55-57,61-62H,4-6,9,12-13,15,18,21-22,24,26-27,29-30,33-37,39-40,42-46,48-49,51-54H2,1-3H3,(H,60,63)/b10-7-,11-8+,17-14+,19-16-,23-20+,28-25-,32-31-,41-38-,50-47-. The van der Waals surface area contributed by atoms with Crippen molar-refractivity contribution in [3.05, 3.63) is 109 Å². The van der Waals surface area contributed by atoms with Crippen LogP contribution >= 0.6 is 0 Å². The van der Waals surface area contributed by atoms with Crippen molar-refractivity contribution in [1.82, 2.24) is 5.32 Å². The van der Waals surface area contributed by atoms with Gasteiger partial charge in [-0.05, 0) is 76.7 Å². The number of carbonyl (C=O) groups excluding carboxylic acids is 2. The van der Waals surface area contributed by atoms with Crippen molar-refractivity contribution >= 4 is 11.9 Å². The molecule has 0 fully saturated rings. The lowest BCUT2D eigenvalue weighted by molar-refractivity contribution is -0.148. The van der Waals surface area contributed by atoms with Crippen LogP contribution in [-0.4, -0.2) is 46.9 Å². The number of nitrogens with one attached hydrogen (secondary N) is 1. The zero-order valence-electron chi connectivity index (χ0n) is 42.1. The number of ether oxygens (including phenoxy) is 1. The van der Waals surface area contributed by atoms with Gasteiger partial charge in [-0.1, -0.05) is 246 Å². The Morgan fingerprint density at radius 2 is 0.923 bits per heavy atom. The highest BCUT2D eigenvalue weighted by Gasteiger charge is 2.23. The average molecular weight is 902 g/mol. The Bertz CT molecular complexity index is 1330. The van der Waals surface area contributed by atoms with Gasteiger partial charge in [0.1, 0.15) is 6.10 Å². The summed E-state index contributed by atoms with van der Waals surface area (Å²) in [6.07, 6.45) is 70.3. The molecule has 0 saturated heterocycles. The molecule has 0 saturated carbocycles. The minimum Gasteiger partial charge on any atom is -0.458 e. The third kappa shape index (κ3) is 46.8. The van der Waals surface area contributed by atoms with Crippen molar-refractivity contribution < 1.29 is 24.5 Å². The lowest BCUT2D eigenvalue weighted by Crippen LogP contribution is -2.46. The first kappa shape index (κ1) is 61.5. The topological polar surface area (TPSA) is 95.9 Å². The Labute approximate surface area is 400 Å². The van der Waals surface area contributed by atoms with Crippen LogP contribution in [0.15, 0.2) is 109 Å². The summed E-state index contributed by atoms with van der Waals surface area (Å²) in [5.41, 5.74) is 0. The Kier molecular flexibility index (Phi) is 48.7. The highest BCUT2D eigenvalue weighted by molar-refractivity contribution is 5.78. The lowest BCUT2D eigenvalue weighted by atomic mass is 10.0. The molecule has 0 aromatic rings. The summed E-state index contributed by atoms with van der Waals surface area (Å²) in [4.78, 5) is 26.1. The van der Waals surface area contributed by atoms with Crippen LogP contribution in [0.4, 0.5) is 0 Å². The summed E-state index contributed by atoms with van der Waals surface area (Å²) in [5, 5.41) is 23.7. The number of esters is 1. The summed E-state index contributed by atoms with van der Waals surface area (Å²) < 4.78 is 5.83. The van der Waals surface area contributed by atoms with E-state index in [4.69, 9.17) is 4.74 Å². The summed E-state index contributed by atoms with van der Waals surface area (Å²) >= 11 is 0. The van der Waals surface area contributed by atoms with Gasteiger partial charge < -0.3 is 20.3 Å². The van der Waals surface area contributed by atoms with Crippen molar-refractivity contribution in [3.8, 4) is 0 Å². The van der Waals surface area contributed by atoms with Gasteiger partial charge in [0.05, 0.1) is 25.2 Å². The molecule has 1 amide bonds. The van der Waals surface area contributed by atoms with E-state index in [2.05, 4.69) is 123 Å². The molecule has 0 spiro atoms. The van der Waals surface area contributed by atoms with Crippen molar-refractivity contribution in [1.29, 1.82) is 0 Å². The van der Waals surface area contributed by atoms with E-state index in [-0.39, 0.29) is 24.9 Å². The maximum atomic E-state index is 13.2. The van der Waals surface area contributed by atoms with E-state index in [0.29, 0.717) is 19.3 Å². The van der Waals surface area contributed by atoms with Crippen LogP contribution < -0.4 is 5.32 Å². The van der Waals surface area contributed by atoms with Gasteiger partial charge in [0.2, 0.25) is 5.91 Å². The van der Waals surface area contributed by atoms with Gasteiger partial charge in [-0.2, -0.15) is 0 Å². The van der Waals surface area contributed by atoms with Crippen LogP contribution in [0.5, 0.6) is 0 Å². The molecule has 65 heavy (non-hydrogen) atoms. The number of allylic oxidation sites excluding steroid dienone is 17. The SMILES string of the molecule is CC/C=C\C/C=C\C/C=C\C/C=C\C/C=C\C/C=C\C(CC(=O)NC(CO)C(O)CCCCCCCCCCCCCCCC)OC(=O)CCCCCCCCC/C=C/C=C/C=C/CC. The zero-order chi connectivity index (χ0) is 47.4. The molecule has 0 aliphatic carbocycles. The number of amides is 1. The molecule has 0 heterocycles. The quantitative estimate of drug-likeness (QED) is 0.0245. The third-order valence-corrected chi connectivity index (χ3v) is 11.4. The van der Waals surface area contributed by atoms with E-state index < -0.39 is 18.2 Å². The van der Waals surface area contributed by atoms with Gasteiger partial charge in [0, 0.05) is 6.42 Å². The lowest BCUT2D eigenvalue weighted by Gasteiger charge is -2.23. The molecule has 0 aliphatic heterocycles. The van der Waals surface area contributed by atoms with Crippen LogP contribution in [0.3, 0.4) is 0 Å².